The summed E-state index contributed by atoms with van der Waals surface area (Å²) in [5.41, 5.74) is 2.17. The van der Waals surface area contributed by atoms with Crippen LogP contribution in [0.4, 0.5) is 0 Å². The predicted molar refractivity (Wildman–Crippen MR) is 85.8 cm³/mol. The van der Waals surface area contributed by atoms with Crippen LogP contribution in [0.25, 0.3) is 0 Å². The highest BCUT2D eigenvalue weighted by Crippen LogP contribution is 2.14. The first kappa shape index (κ1) is 16.4. The quantitative estimate of drug-likeness (QED) is 0.819. The molecule has 0 aromatic heterocycles. The minimum absolute atomic E-state index is 0.156. The third-order valence-corrected chi connectivity index (χ3v) is 5.25. The molecular weight excluding hydrogens is 286 g/mol. The number of aryl methyl sites for hydroxylation is 1. The van der Waals surface area contributed by atoms with E-state index in [0.29, 0.717) is 6.54 Å². The fourth-order valence-electron chi connectivity index (χ4n) is 2.44. The van der Waals surface area contributed by atoms with Crippen LogP contribution in [-0.4, -0.2) is 51.8 Å². The second-order valence-corrected chi connectivity index (χ2v) is 7.53. The van der Waals surface area contributed by atoms with Crippen LogP contribution in [0, 0.1) is 6.92 Å². The molecular formula is C15H25N3O2S. The van der Waals surface area contributed by atoms with Crippen molar-refractivity contribution in [2.24, 2.45) is 0 Å². The van der Waals surface area contributed by atoms with Crippen LogP contribution in [0.15, 0.2) is 24.3 Å². The van der Waals surface area contributed by atoms with Gasteiger partial charge in [0.2, 0.25) is 10.0 Å². The van der Waals surface area contributed by atoms with Crippen molar-refractivity contribution < 1.29 is 8.42 Å². The number of rotatable bonds is 6. The summed E-state index contributed by atoms with van der Waals surface area (Å²) in [5.74, 6) is 0.156. The second kappa shape index (κ2) is 7.35. The maximum atomic E-state index is 12.2. The van der Waals surface area contributed by atoms with Gasteiger partial charge in [-0.3, -0.25) is 4.90 Å². The molecule has 1 aromatic rings. The van der Waals surface area contributed by atoms with Gasteiger partial charge in [-0.15, -0.1) is 0 Å². The monoisotopic (exact) mass is 311 g/mol. The third-order valence-electron chi connectivity index (χ3n) is 3.82. The van der Waals surface area contributed by atoms with Crippen molar-refractivity contribution in [2.45, 2.75) is 19.9 Å². The molecule has 5 nitrogen and oxygen atoms in total. The zero-order valence-corrected chi connectivity index (χ0v) is 13.6. The largest absolute Gasteiger partial charge is 0.314 e. The summed E-state index contributed by atoms with van der Waals surface area (Å²) in [6, 6.07) is 7.75. The maximum absolute atomic E-state index is 12.2. The third kappa shape index (κ3) is 5.39. The molecule has 1 aromatic carbocycles. The summed E-state index contributed by atoms with van der Waals surface area (Å²) >= 11 is 0. The van der Waals surface area contributed by atoms with Gasteiger partial charge in [-0.2, -0.15) is 0 Å². The lowest BCUT2D eigenvalue weighted by Crippen LogP contribution is -2.46. The summed E-state index contributed by atoms with van der Waals surface area (Å²) < 4.78 is 27.1. The van der Waals surface area contributed by atoms with E-state index in [1.807, 2.05) is 38.1 Å². The Labute approximate surface area is 127 Å². The highest BCUT2D eigenvalue weighted by molar-refractivity contribution is 7.89. The lowest BCUT2D eigenvalue weighted by molar-refractivity contribution is 0.253. The Hall–Kier alpha value is -0.950. The average Bonchev–Trinajstić information content (AvgIpc) is 2.46. The topological polar surface area (TPSA) is 61.4 Å². The molecule has 21 heavy (non-hydrogen) atoms. The number of hydrogen-bond donors (Lipinski definition) is 2. The summed E-state index contributed by atoms with van der Waals surface area (Å²) in [4.78, 5) is 2.19. The smallest absolute Gasteiger partial charge is 0.213 e. The van der Waals surface area contributed by atoms with E-state index in [1.54, 1.807) is 0 Å². The number of piperazine rings is 1. The fraction of sp³-hybridized carbons (Fsp3) is 0.600. The van der Waals surface area contributed by atoms with E-state index in [9.17, 15) is 8.42 Å². The zero-order chi connectivity index (χ0) is 15.3. The second-order valence-electron chi connectivity index (χ2n) is 5.66. The minimum atomic E-state index is -3.25. The molecule has 0 saturated carbocycles. The predicted octanol–water partition coefficient (Wildman–Crippen LogP) is 0.881. The first-order valence-electron chi connectivity index (χ1n) is 7.46. The molecule has 6 heteroatoms. The van der Waals surface area contributed by atoms with Gasteiger partial charge in [0, 0.05) is 38.8 Å². The first-order valence-corrected chi connectivity index (χ1v) is 9.11. The lowest BCUT2D eigenvalue weighted by atomic mass is 10.1. The molecule has 1 unspecified atom stereocenters. The van der Waals surface area contributed by atoms with E-state index in [4.69, 9.17) is 0 Å². The Morgan fingerprint density at radius 1 is 1.24 bits per heavy atom. The standard InChI is InChI=1S/C15H25N3O2S/c1-13-3-5-15(6-4-13)14(2)17-21(19,20)12-11-18-9-7-16-8-10-18/h3-6,14,16-17H,7-12H2,1-2H3. The molecule has 1 heterocycles. The van der Waals surface area contributed by atoms with Gasteiger partial charge < -0.3 is 5.32 Å². The van der Waals surface area contributed by atoms with Gasteiger partial charge in [0.05, 0.1) is 5.75 Å². The van der Waals surface area contributed by atoms with Gasteiger partial charge in [0.25, 0.3) is 0 Å². The van der Waals surface area contributed by atoms with Gasteiger partial charge in [-0.25, -0.2) is 13.1 Å². The Bertz CT molecular complexity index is 537. The van der Waals surface area contributed by atoms with Crippen molar-refractivity contribution in [3.05, 3.63) is 35.4 Å². The van der Waals surface area contributed by atoms with Crippen molar-refractivity contribution in [3.63, 3.8) is 0 Å². The first-order chi connectivity index (χ1) is 9.96. The summed E-state index contributed by atoms with van der Waals surface area (Å²) in [5, 5.41) is 3.26. The van der Waals surface area contributed by atoms with Gasteiger partial charge in [0.1, 0.15) is 0 Å². The van der Waals surface area contributed by atoms with Crippen LogP contribution >= 0.6 is 0 Å². The average molecular weight is 311 g/mol. The normalized spacial score (nSPS) is 18.6. The highest BCUT2D eigenvalue weighted by Gasteiger charge is 2.18. The molecule has 0 amide bonds. The molecule has 1 fully saturated rings. The molecule has 1 saturated heterocycles. The lowest BCUT2D eigenvalue weighted by Gasteiger charge is -2.27. The van der Waals surface area contributed by atoms with Crippen molar-refractivity contribution in [1.82, 2.24) is 14.9 Å². The summed E-state index contributed by atoms with van der Waals surface area (Å²) in [7, 11) is -3.25. The van der Waals surface area contributed by atoms with Gasteiger partial charge in [-0.05, 0) is 19.4 Å². The van der Waals surface area contributed by atoms with Crippen LogP contribution in [0.5, 0.6) is 0 Å². The van der Waals surface area contributed by atoms with Gasteiger partial charge >= 0.3 is 0 Å². The molecule has 1 atom stereocenters. The minimum Gasteiger partial charge on any atom is -0.314 e. The highest BCUT2D eigenvalue weighted by atomic mass is 32.2. The number of nitrogens with zero attached hydrogens (tertiary/aromatic N) is 1. The molecule has 1 aliphatic heterocycles. The summed E-state index contributed by atoms with van der Waals surface area (Å²) in [6.45, 7) is 8.21. The molecule has 118 valence electrons. The Kier molecular flexibility index (Phi) is 5.75. The molecule has 2 rings (SSSR count). The molecule has 0 spiro atoms. The van der Waals surface area contributed by atoms with Crippen LogP contribution in [0.3, 0.4) is 0 Å². The summed E-state index contributed by atoms with van der Waals surface area (Å²) in [6.07, 6.45) is 0. The van der Waals surface area contributed by atoms with E-state index in [0.717, 1.165) is 31.7 Å². The number of hydrogen-bond acceptors (Lipinski definition) is 4. The van der Waals surface area contributed by atoms with Crippen molar-refractivity contribution >= 4 is 10.0 Å². The van der Waals surface area contributed by atoms with Crippen LogP contribution < -0.4 is 10.0 Å². The van der Waals surface area contributed by atoms with E-state index in [1.165, 1.54) is 5.56 Å². The van der Waals surface area contributed by atoms with E-state index in [-0.39, 0.29) is 11.8 Å². The molecule has 0 aliphatic carbocycles. The van der Waals surface area contributed by atoms with Crippen molar-refractivity contribution in [1.29, 1.82) is 0 Å². The van der Waals surface area contributed by atoms with E-state index < -0.39 is 10.0 Å². The Balaban J connectivity index is 1.86. The molecule has 0 bridgehead atoms. The van der Waals surface area contributed by atoms with Gasteiger partial charge in [-0.1, -0.05) is 29.8 Å². The van der Waals surface area contributed by atoms with Crippen LogP contribution in [0.2, 0.25) is 0 Å². The molecule has 2 N–H and O–H groups in total. The van der Waals surface area contributed by atoms with Crippen molar-refractivity contribution in [2.75, 3.05) is 38.5 Å². The number of nitrogens with one attached hydrogen (secondary N) is 2. The maximum Gasteiger partial charge on any atom is 0.213 e. The van der Waals surface area contributed by atoms with Gasteiger partial charge in [0.15, 0.2) is 0 Å². The Morgan fingerprint density at radius 3 is 2.48 bits per heavy atom. The Morgan fingerprint density at radius 2 is 1.86 bits per heavy atom. The SMILES string of the molecule is Cc1ccc(C(C)NS(=O)(=O)CCN2CCNCC2)cc1. The molecule has 1 aliphatic rings. The van der Waals surface area contributed by atoms with E-state index in [2.05, 4.69) is 14.9 Å². The number of sulfonamides is 1. The zero-order valence-electron chi connectivity index (χ0n) is 12.8. The van der Waals surface area contributed by atoms with Crippen molar-refractivity contribution in [3.8, 4) is 0 Å². The van der Waals surface area contributed by atoms with Crippen LogP contribution in [-0.2, 0) is 10.0 Å². The fourth-order valence-corrected chi connectivity index (χ4v) is 3.73. The van der Waals surface area contributed by atoms with E-state index >= 15 is 0 Å². The molecule has 0 radical (unpaired) electrons. The van der Waals surface area contributed by atoms with Crippen LogP contribution in [0.1, 0.15) is 24.1 Å². The number of benzene rings is 1.